The maximum Gasteiger partial charge on any atom is 0.322 e. The van der Waals surface area contributed by atoms with Crippen LogP contribution in [0.5, 0.6) is 11.5 Å². The number of nitrogens with two attached hydrogens (primary N) is 1. The summed E-state index contributed by atoms with van der Waals surface area (Å²) in [4.78, 5) is 24.5. The summed E-state index contributed by atoms with van der Waals surface area (Å²) < 4.78 is 47.4. The van der Waals surface area contributed by atoms with Gasteiger partial charge in [0.15, 0.2) is 17.4 Å². The molecule has 0 amide bonds. The molecule has 5 aromatic rings. The van der Waals surface area contributed by atoms with E-state index in [4.69, 9.17) is 19.9 Å². The average Bonchev–Trinajstić information content (AvgIpc) is 3.36. The van der Waals surface area contributed by atoms with Crippen molar-refractivity contribution in [3.63, 3.8) is 0 Å². The van der Waals surface area contributed by atoms with Crippen LogP contribution in [-0.4, -0.2) is 57.1 Å². The number of para-hydroxylation sites is 1. The number of hydrogen-bond donors (Lipinski definition) is 2. The second kappa shape index (κ2) is 12.6. The molecule has 1 atom stereocenters. The molecular formula is C29H27F2N7O4. The lowest BCUT2D eigenvalue weighted by Gasteiger charge is -2.11. The van der Waals surface area contributed by atoms with Crippen LogP contribution in [0.25, 0.3) is 22.4 Å². The third kappa shape index (κ3) is 6.25. The summed E-state index contributed by atoms with van der Waals surface area (Å²) in [6, 6.07) is 12.2. The van der Waals surface area contributed by atoms with Gasteiger partial charge in [0.05, 0.1) is 25.4 Å². The van der Waals surface area contributed by atoms with E-state index in [1.165, 1.54) is 24.9 Å². The number of nitrogens with zero attached hydrogens (tertiary/aromatic N) is 5. The van der Waals surface area contributed by atoms with Crippen molar-refractivity contribution in [3.05, 3.63) is 84.3 Å². The number of aromatic nitrogens is 5. The minimum Gasteiger partial charge on any atom is -0.491 e. The second-order valence-electron chi connectivity index (χ2n) is 9.16. The van der Waals surface area contributed by atoms with Crippen LogP contribution >= 0.6 is 0 Å². The highest BCUT2D eigenvalue weighted by atomic mass is 19.1. The molecule has 216 valence electrons. The lowest BCUT2D eigenvalue weighted by atomic mass is 10.1. The highest BCUT2D eigenvalue weighted by Crippen LogP contribution is 2.31. The summed E-state index contributed by atoms with van der Waals surface area (Å²) in [5.41, 5.74) is 7.02. The quantitative estimate of drug-likeness (QED) is 0.174. The van der Waals surface area contributed by atoms with Crippen LogP contribution in [0.1, 0.15) is 12.5 Å². The van der Waals surface area contributed by atoms with Crippen molar-refractivity contribution in [3.8, 4) is 23.0 Å². The monoisotopic (exact) mass is 575 g/mol. The van der Waals surface area contributed by atoms with E-state index in [2.05, 4.69) is 25.4 Å². The van der Waals surface area contributed by atoms with Gasteiger partial charge in [-0.3, -0.25) is 14.5 Å². The van der Waals surface area contributed by atoms with Gasteiger partial charge in [-0.25, -0.2) is 18.7 Å². The molecular weight excluding hydrogens is 548 g/mol. The maximum atomic E-state index is 15.1. The Hall–Kier alpha value is -5.17. The van der Waals surface area contributed by atoms with Crippen LogP contribution in [0.2, 0.25) is 0 Å². The zero-order chi connectivity index (χ0) is 29.6. The molecule has 0 saturated heterocycles. The van der Waals surface area contributed by atoms with E-state index in [1.807, 2.05) is 12.1 Å². The summed E-state index contributed by atoms with van der Waals surface area (Å²) in [6.07, 6.45) is 4.81. The van der Waals surface area contributed by atoms with Crippen LogP contribution in [-0.2, 0) is 16.1 Å². The predicted molar refractivity (Wildman–Crippen MR) is 150 cm³/mol. The molecule has 3 aromatic heterocycles. The molecule has 0 aliphatic heterocycles. The van der Waals surface area contributed by atoms with Crippen molar-refractivity contribution >= 4 is 28.4 Å². The smallest absolute Gasteiger partial charge is 0.322 e. The van der Waals surface area contributed by atoms with E-state index in [0.717, 1.165) is 17.8 Å². The van der Waals surface area contributed by atoms with Crippen molar-refractivity contribution in [1.29, 1.82) is 0 Å². The largest absolute Gasteiger partial charge is 0.491 e. The molecule has 3 N–H and O–H groups in total. The van der Waals surface area contributed by atoms with E-state index in [-0.39, 0.29) is 36.9 Å². The molecule has 0 unspecified atom stereocenters. The molecule has 0 aliphatic carbocycles. The van der Waals surface area contributed by atoms with Gasteiger partial charge in [0.1, 0.15) is 42.3 Å². The number of methoxy groups -OCH3 is 1. The Kier molecular flexibility index (Phi) is 8.48. The Morgan fingerprint density at radius 2 is 1.83 bits per heavy atom. The Balaban J connectivity index is 1.41. The molecule has 0 fully saturated rings. The van der Waals surface area contributed by atoms with Gasteiger partial charge >= 0.3 is 5.97 Å². The molecule has 42 heavy (non-hydrogen) atoms. The minimum atomic E-state index is -0.816. The number of ether oxygens (including phenoxy) is 3. The fourth-order valence-corrected chi connectivity index (χ4v) is 4.11. The van der Waals surface area contributed by atoms with E-state index in [0.29, 0.717) is 28.2 Å². The molecule has 0 bridgehead atoms. The van der Waals surface area contributed by atoms with Gasteiger partial charge in [0.25, 0.3) is 0 Å². The first-order valence-corrected chi connectivity index (χ1v) is 12.9. The van der Waals surface area contributed by atoms with Crippen LogP contribution in [0.15, 0.2) is 67.1 Å². The van der Waals surface area contributed by atoms with Gasteiger partial charge in [-0.05, 0) is 25.1 Å². The molecule has 11 nitrogen and oxygen atoms in total. The van der Waals surface area contributed by atoms with E-state index in [1.54, 1.807) is 36.7 Å². The van der Waals surface area contributed by atoms with Gasteiger partial charge < -0.3 is 25.3 Å². The summed E-state index contributed by atoms with van der Waals surface area (Å²) in [5, 5.41) is 8.52. The molecule has 3 heterocycles. The number of fused-ring (bicyclic) bond motifs is 1. The van der Waals surface area contributed by atoms with Crippen LogP contribution in [0.3, 0.4) is 0 Å². The van der Waals surface area contributed by atoms with Crippen molar-refractivity contribution < 1.29 is 27.8 Å². The zero-order valence-electron chi connectivity index (χ0n) is 22.8. The Morgan fingerprint density at radius 1 is 1.10 bits per heavy atom. The Labute approximate surface area is 239 Å². The first-order valence-electron chi connectivity index (χ1n) is 12.9. The number of benzene rings is 2. The van der Waals surface area contributed by atoms with Crippen molar-refractivity contribution in [1.82, 2.24) is 24.7 Å². The number of nitrogens with one attached hydrogen (secondary N) is 1. The third-order valence-electron chi connectivity index (χ3n) is 6.18. The maximum absolute atomic E-state index is 15.1. The van der Waals surface area contributed by atoms with E-state index in [9.17, 15) is 4.79 Å². The summed E-state index contributed by atoms with van der Waals surface area (Å²) in [7, 11) is 1.51. The van der Waals surface area contributed by atoms with E-state index < -0.39 is 23.6 Å². The standard InChI is InChI=1S/C29H27F2N7O4/c1-17(32)29(39)42-12-11-41-19-13-22(30)21(23(31)14-19)16-38-24-6-4-3-5-20(24)26(37-38)28-34-15-25(40-2)27(36-28)35-18-7-9-33-10-8-18/h3-10,13-15,17H,11-12,16,32H2,1-2H3,(H,33,34,35,36)/t17-/m0/s1. The number of carbonyl (C=O) groups is 1. The van der Waals surface area contributed by atoms with E-state index >= 15 is 8.78 Å². The normalized spacial score (nSPS) is 11.7. The number of anilines is 2. The van der Waals surface area contributed by atoms with Gasteiger partial charge in [-0.1, -0.05) is 18.2 Å². The van der Waals surface area contributed by atoms with Gasteiger partial charge in [0, 0.05) is 41.2 Å². The average molecular weight is 576 g/mol. The van der Waals surface area contributed by atoms with Crippen molar-refractivity contribution in [2.24, 2.45) is 5.73 Å². The lowest BCUT2D eigenvalue weighted by molar-refractivity contribution is -0.145. The number of rotatable bonds is 11. The third-order valence-corrected chi connectivity index (χ3v) is 6.18. The molecule has 13 heteroatoms. The molecule has 0 radical (unpaired) electrons. The number of carbonyl (C=O) groups excluding carboxylic acids is 1. The molecule has 0 spiro atoms. The topological polar surface area (TPSA) is 139 Å². The minimum absolute atomic E-state index is 0.0440. The lowest BCUT2D eigenvalue weighted by Crippen LogP contribution is -2.29. The second-order valence-corrected chi connectivity index (χ2v) is 9.16. The first-order chi connectivity index (χ1) is 20.3. The fourth-order valence-electron chi connectivity index (χ4n) is 4.11. The van der Waals surface area contributed by atoms with Crippen LogP contribution in [0.4, 0.5) is 20.3 Å². The van der Waals surface area contributed by atoms with Crippen LogP contribution in [0, 0.1) is 11.6 Å². The first kappa shape index (κ1) is 28.4. The van der Waals surface area contributed by atoms with Gasteiger partial charge in [-0.2, -0.15) is 5.10 Å². The number of halogens is 2. The highest BCUT2D eigenvalue weighted by Gasteiger charge is 2.20. The zero-order valence-corrected chi connectivity index (χ0v) is 22.8. The number of esters is 1. The summed E-state index contributed by atoms with van der Waals surface area (Å²) in [5.74, 6) is -1.16. The van der Waals surface area contributed by atoms with Crippen molar-refractivity contribution in [2.75, 3.05) is 25.6 Å². The summed E-state index contributed by atoms with van der Waals surface area (Å²) in [6.45, 7) is 1.08. The van der Waals surface area contributed by atoms with Gasteiger partial charge in [-0.15, -0.1) is 0 Å². The molecule has 0 saturated carbocycles. The highest BCUT2D eigenvalue weighted by molar-refractivity contribution is 5.92. The Bertz CT molecular complexity index is 1690. The Morgan fingerprint density at radius 3 is 2.55 bits per heavy atom. The van der Waals surface area contributed by atoms with Crippen molar-refractivity contribution in [2.45, 2.75) is 19.5 Å². The SMILES string of the molecule is COc1cnc(-c2nn(Cc3c(F)cc(OCCOC(=O)[C@H](C)N)cc3F)c3ccccc23)nc1Nc1ccncc1. The number of pyridine rings is 1. The fraction of sp³-hybridized carbons (Fsp3) is 0.207. The molecule has 2 aromatic carbocycles. The summed E-state index contributed by atoms with van der Waals surface area (Å²) >= 11 is 0. The van der Waals surface area contributed by atoms with Gasteiger partial charge in [0.2, 0.25) is 0 Å². The molecule has 5 rings (SSSR count). The molecule has 0 aliphatic rings. The predicted octanol–water partition coefficient (Wildman–Crippen LogP) is 4.24. The van der Waals surface area contributed by atoms with Crippen LogP contribution < -0.4 is 20.5 Å². The number of hydrogen-bond acceptors (Lipinski definition) is 10.